The van der Waals surface area contributed by atoms with Crippen LogP contribution in [0.15, 0.2) is 0 Å². The third kappa shape index (κ3) is 2.67. The summed E-state index contributed by atoms with van der Waals surface area (Å²) in [5, 5.41) is 10.4. The van der Waals surface area contributed by atoms with Crippen LogP contribution in [0.4, 0.5) is 0 Å². The van der Waals surface area contributed by atoms with Gasteiger partial charge in [0.1, 0.15) is 0 Å². The van der Waals surface area contributed by atoms with Crippen LogP contribution in [0.5, 0.6) is 0 Å². The van der Waals surface area contributed by atoms with Gasteiger partial charge in [0.15, 0.2) is 0 Å². The Hall–Kier alpha value is -0.570. The van der Waals surface area contributed by atoms with E-state index in [2.05, 4.69) is 20.8 Å². The molecule has 0 saturated heterocycles. The van der Waals surface area contributed by atoms with Gasteiger partial charge in [-0.3, -0.25) is 4.79 Å². The molecule has 110 valence electrons. The van der Waals surface area contributed by atoms with Gasteiger partial charge in [0, 0.05) is 12.8 Å². The molecule has 0 heterocycles. The number of carbonyl (C=O) groups excluding carboxylic acids is 1. The summed E-state index contributed by atoms with van der Waals surface area (Å²) in [6, 6.07) is 0. The molecule has 3 heteroatoms. The molecule has 2 aliphatic rings. The zero-order valence-electron chi connectivity index (χ0n) is 12.7. The summed E-state index contributed by atoms with van der Waals surface area (Å²) < 4.78 is 5.24. The minimum atomic E-state index is -0.325. The highest BCUT2D eigenvalue weighted by Gasteiger charge is 2.54. The van der Waals surface area contributed by atoms with Crippen LogP contribution < -0.4 is 0 Å². The quantitative estimate of drug-likeness (QED) is 0.783. The summed E-state index contributed by atoms with van der Waals surface area (Å²) in [5.41, 5.74) is 0.441. The van der Waals surface area contributed by atoms with Crippen molar-refractivity contribution in [2.45, 2.75) is 65.9 Å². The van der Waals surface area contributed by atoms with Crippen molar-refractivity contribution in [3.05, 3.63) is 0 Å². The molecule has 4 atom stereocenters. The lowest BCUT2D eigenvalue weighted by Crippen LogP contribution is -2.54. The molecule has 0 aromatic heterocycles. The average Bonchev–Trinajstić information content (AvgIpc) is 2.26. The van der Waals surface area contributed by atoms with Gasteiger partial charge in [-0.15, -0.1) is 0 Å². The third-order valence-electron chi connectivity index (χ3n) is 5.80. The van der Waals surface area contributed by atoms with E-state index in [0.29, 0.717) is 17.9 Å². The number of rotatable bonds is 2. The van der Waals surface area contributed by atoms with E-state index >= 15 is 0 Å². The molecule has 1 N–H and O–H groups in total. The number of aliphatic hydroxyl groups excluding tert-OH is 1. The van der Waals surface area contributed by atoms with E-state index in [1.807, 2.05) is 0 Å². The number of carbonyl (C=O) groups is 1. The number of hydrogen-bond donors (Lipinski definition) is 1. The second-order valence-electron chi connectivity index (χ2n) is 7.45. The van der Waals surface area contributed by atoms with Crippen molar-refractivity contribution in [3.63, 3.8) is 0 Å². The van der Waals surface area contributed by atoms with Crippen molar-refractivity contribution in [3.8, 4) is 0 Å². The molecule has 1 unspecified atom stereocenters. The Balaban J connectivity index is 2.22. The van der Waals surface area contributed by atoms with Crippen LogP contribution in [-0.2, 0) is 9.53 Å². The number of aliphatic hydroxyl groups is 1. The van der Waals surface area contributed by atoms with E-state index in [0.717, 1.165) is 19.3 Å². The largest absolute Gasteiger partial charge is 0.465 e. The maximum atomic E-state index is 11.1. The third-order valence-corrected chi connectivity index (χ3v) is 5.80. The fourth-order valence-corrected chi connectivity index (χ4v) is 4.82. The van der Waals surface area contributed by atoms with Crippen LogP contribution in [-0.4, -0.2) is 23.8 Å². The molecule has 0 radical (unpaired) electrons. The van der Waals surface area contributed by atoms with Gasteiger partial charge in [-0.1, -0.05) is 27.2 Å². The van der Waals surface area contributed by atoms with E-state index < -0.39 is 0 Å². The lowest BCUT2D eigenvalue weighted by atomic mass is 9.48. The van der Waals surface area contributed by atoms with Crippen LogP contribution in [0, 0.1) is 22.7 Å². The Bertz CT molecular complexity index is 350. The van der Waals surface area contributed by atoms with Crippen molar-refractivity contribution in [1.29, 1.82) is 0 Å². The lowest BCUT2D eigenvalue weighted by molar-refractivity contribution is -0.161. The minimum absolute atomic E-state index is 0.0923. The number of hydrogen-bond acceptors (Lipinski definition) is 3. The molecular weight excluding hydrogens is 240 g/mol. The first-order valence-corrected chi connectivity index (χ1v) is 7.59. The first-order valence-electron chi connectivity index (χ1n) is 7.59. The van der Waals surface area contributed by atoms with E-state index in [1.165, 1.54) is 19.8 Å². The summed E-state index contributed by atoms with van der Waals surface area (Å²) in [6.07, 6.45) is 5.24. The fraction of sp³-hybridized carbons (Fsp3) is 0.938. The van der Waals surface area contributed by atoms with Gasteiger partial charge in [-0.2, -0.15) is 0 Å². The fourth-order valence-electron chi connectivity index (χ4n) is 4.82. The lowest BCUT2D eigenvalue weighted by Gasteiger charge is -2.58. The molecular formula is C16H28O3. The van der Waals surface area contributed by atoms with E-state index in [9.17, 15) is 9.90 Å². The smallest absolute Gasteiger partial charge is 0.302 e. The monoisotopic (exact) mass is 268 g/mol. The molecule has 2 aliphatic carbocycles. The minimum Gasteiger partial charge on any atom is -0.465 e. The Kier molecular flexibility index (Phi) is 3.97. The van der Waals surface area contributed by atoms with Gasteiger partial charge >= 0.3 is 5.97 Å². The second kappa shape index (κ2) is 5.08. The van der Waals surface area contributed by atoms with Crippen molar-refractivity contribution in [2.24, 2.45) is 22.7 Å². The first kappa shape index (κ1) is 14.8. The van der Waals surface area contributed by atoms with Crippen LogP contribution in [0.25, 0.3) is 0 Å². The first-order chi connectivity index (χ1) is 8.77. The Morgan fingerprint density at radius 3 is 2.58 bits per heavy atom. The van der Waals surface area contributed by atoms with Gasteiger partial charge in [0.2, 0.25) is 0 Å². The summed E-state index contributed by atoms with van der Waals surface area (Å²) >= 11 is 0. The molecule has 3 nitrogen and oxygen atoms in total. The zero-order valence-corrected chi connectivity index (χ0v) is 12.7. The van der Waals surface area contributed by atoms with Gasteiger partial charge in [-0.25, -0.2) is 0 Å². The molecule has 0 aromatic rings. The zero-order chi connectivity index (χ0) is 14.3. The Morgan fingerprint density at radius 2 is 1.95 bits per heavy atom. The standard InChI is InChI=1S/C16H28O3/c1-11(17)19-10-12-13(18)6-7-14-15(2,3)8-5-9-16(12,14)4/h12-14,18H,5-10H2,1-4H3/t12-,13?,14-,16+/m0/s1. The van der Waals surface area contributed by atoms with Gasteiger partial charge in [0.05, 0.1) is 12.7 Å². The molecule has 0 aliphatic heterocycles. The molecule has 0 aromatic carbocycles. The molecule has 0 amide bonds. The number of ether oxygens (including phenoxy) is 1. The van der Waals surface area contributed by atoms with E-state index in [-0.39, 0.29) is 23.4 Å². The normalized spacial score (nSPS) is 41.4. The molecule has 2 fully saturated rings. The van der Waals surface area contributed by atoms with Crippen molar-refractivity contribution < 1.29 is 14.6 Å². The molecule has 0 spiro atoms. The molecule has 19 heavy (non-hydrogen) atoms. The van der Waals surface area contributed by atoms with Crippen molar-refractivity contribution in [1.82, 2.24) is 0 Å². The predicted octanol–water partition coefficient (Wildman–Crippen LogP) is 3.15. The van der Waals surface area contributed by atoms with Crippen LogP contribution in [0.1, 0.15) is 59.8 Å². The Morgan fingerprint density at radius 1 is 1.26 bits per heavy atom. The summed E-state index contributed by atoms with van der Waals surface area (Å²) in [4.78, 5) is 11.1. The topological polar surface area (TPSA) is 46.5 Å². The summed E-state index contributed by atoms with van der Waals surface area (Å²) in [7, 11) is 0. The van der Waals surface area contributed by atoms with Gasteiger partial charge < -0.3 is 9.84 Å². The SMILES string of the molecule is CC(=O)OC[C@H]1C(O)CC[C@H]2C(C)(C)CCC[C@]12C. The van der Waals surface area contributed by atoms with Gasteiger partial charge in [-0.05, 0) is 42.4 Å². The van der Waals surface area contributed by atoms with Crippen LogP contribution in [0.2, 0.25) is 0 Å². The van der Waals surface area contributed by atoms with Crippen LogP contribution >= 0.6 is 0 Å². The summed E-state index contributed by atoms with van der Waals surface area (Å²) in [6.45, 7) is 8.83. The highest BCUT2D eigenvalue weighted by atomic mass is 16.5. The van der Waals surface area contributed by atoms with Gasteiger partial charge in [0.25, 0.3) is 0 Å². The highest BCUT2D eigenvalue weighted by molar-refractivity contribution is 5.65. The molecule has 2 saturated carbocycles. The predicted molar refractivity (Wildman–Crippen MR) is 74.6 cm³/mol. The maximum Gasteiger partial charge on any atom is 0.302 e. The van der Waals surface area contributed by atoms with E-state index in [4.69, 9.17) is 4.74 Å². The van der Waals surface area contributed by atoms with Crippen LogP contribution in [0.3, 0.4) is 0 Å². The number of fused-ring (bicyclic) bond motifs is 1. The van der Waals surface area contributed by atoms with Crippen molar-refractivity contribution >= 4 is 5.97 Å². The Labute approximate surface area is 116 Å². The highest BCUT2D eigenvalue weighted by Crippen LogP contribution is 2.59. The van der Waals surface area contributed by atoms with Crippen molar-refractivity contribution in [2.75, 3.05) is 6.61 Å². The maximum absolute atomic E-state index is 11.1. The number of esters is 1. The molecule has 0 bridgehead atoms. The second-order valence-corrected chi connectivity index (χ2v) is 7.45. The average molecular weight is 268 g/mol. The molecule has 2 rings (SSSR count). The van der Waals surface area contributed by atoms with E-state index in [1.54, 1.807) is 0 Å². The summed E-state index contributed by atoms with van der Waals surface area (Å²) in [5.74, 6) is 0.473.